The first kappa shape index (κ1) is 31.4. The Hall–Kier alpha value is -4.83. The number of methoxy groups -OCH3 is 1. The third-order valence-corrected chi connectivity index (χ3v) is 11.7. The van der Waals surface area contributed by atoms with Crippen LogP contribution in [0.4, 0.5) is 5.69 Å². The number of phenolic OH excluding ortho intramolecular Hbond substituents is 1. The molecule has 0 aromatic heterocycles. The maximum Gasteiger partial charge on any atom is 0.238 e. The number of fused-ring (bicyclic) bond motifs is 4. The average Bonchev–Trinajstić information content (AvgIpc) is 3.38. The number of carbonyl (C=O) groups excluding carboxylic acids is 4. The molecule has 1 saturated carbocycles. The van der Waals surface area contributed by atoms with E-state index >= 15 is 4.79 Å². The summed E-state index contributed by atoms with van der Waals surface area (Å²) in [6.07, 6.45) is 4.06. The molecule has 1 saturated heterocycles. The number of phenols is 1. The third kappa shape index (κ3) is 4.67. The summed E-state index contributed by atoms with van der Waals surface area (Å²) in [5.74, 6) is -4.09. The number of aromatic hydroxyl groups is 1. The number of amides is 2. The van der Waals surface area contributed by atoms with E-state index in [2.05, 4.69) is 22.6 Å². The number of imide groups is 1. The molecule has 0 spiro atoms. The minimum absolute atomic E-state index is 0.0942. The fraction of sp³-hybridized carbons (Fsp3) is 0.220. The molecule has 49 heavy (non-hydrogen) atoms. The second-order valence-corrected chi connectivity index (χ2v) is 14.5. The largest absolute Gasteiger partial charge is 0.504 e. The van der Waals surface area contributed by atoms with Crippen LogP contribution in [-0.2, 0) is 24.6 Å². The number of nitrogens with zero attached hydrogens (tertiary/aromatic N) is 1. The fourth-order valence-electron chi connectivity index (χ4n) is 8.98. The molecule has 6 atom stereocenters. The first-order valence-electron chi connectivity index (χ1n) is 16.4. The lowest BCUT2D eigenvalue weighted by atomic mass is 9.44. The van der Waals surface area contributed by atoms with Gasteiger partial charge in [0.25, 0.3) is 0 Å². The van der Waals surface area contributed by atoms with Crippen molar-refractivity contribution in [2.24, 2.45) is 23.7 Å². The Morgan fingerprint density at radius 1 is 0.837 bits per heavy atom. The van der Waals surface area contributed by atoms with Crippen LogP contribution in [-0.4, -0.2) is 35.6 Å². The summed E-state index contributed by atoms with van der Waals surface area (Å²) < 4.78 is 6.36. The highest BCUT2D eigenvalue weighted by atomic mass is 127. The molecule has 3 aliphatic carbocycles. The zero-order valence-corrected chi connectivity index (χ0v) is 28.7. The molecule has 7 nitrogen and oxygen atoms in total. The van der Waals surface area contributed by atoms with Crippen LogP contribution in [0.25, 0.3) is 5.57 Å². The molecule has 244 valence electrons. The Morgan fingerprint density at radius 2 is 1.53 bits per heavy atom. The number of hydrogen-bond donors (Lipinski definition) is 1. The van der Waals surface area contributed by atoms with Crippen molar-refractivity contribution in [3.63, 3.8) is 0 Å². The van der Waals surface area contributed by atoms with Gasteiger partial charge in [0, 0.05) is 21.0 Å². The molecule has 1 N–H and O–H groups in total. The van der Waals surface area contributed by atoms with E-state index in [9.17, 15) is 19.5 Å². The number of benzene rings is 4. The molecule has 4 aromatic carbocycles. The summed E-state index contributed by atoms with van der Waals surface area (Å²) in [4.78, 5) is 59.8. The lowest BCUT2D eigenvalue weighted by Crippen LogP contribution is -2.58. The van der Waals surface area contributed by atoms with E-state index in [-0.39, 0.29) is 41.3 Å². The molecular weight excluding hydrogens is 729 g/mol. The quantitative estimate of drug-likeness (QED) is 0.133. The molecule has 2 amide bonds. The van der Waals surface area contributed by atoms with Crippen molar-refractivity contribution in [3.8, 4) is 11.5 Å². The van der Waals surface area contributed by atoms with Crippen molar-refractivity contribution >= 4 is 57.2 Å². The molecule has 0 unspecified atom stereocenters. The molecule has 0 radical (unpaired) electrons. The number of hydrogen-bond acceptors (Lipinski definition) is 6. The van der Waals surface area contributed by atoms with Crippen LogP contribution in [0.2, 0.25) is 0 Å². The summed E-state index contributed by atoms with van der Waals surface area (Å²) in [6.45, 7) is 0. The Kier molecular flexibility index (Phi) is 7.66. The molecule has 1 aliphatic heterocycles. The number of anilines is 1. The summed E-state index contributed by atoms with van der Waals surface area (Å²) in [7, 11) is 1.47. The minimum atomic E-state index is -1.37. The van der Waals surface area contributed by atoms with Gasteiger partial charge in [0.1, 0.15) is 0 Å². The van der Waals surface area contributed by atoms with E-state index in [1.54, 1.807) is 24.3 Å². The van der Waals surface area contributed by atoms with Crippen molar-refractivity contribution < 1.29 is 29.0 Å². The van der Waals surface area contributed by atoms with E-state index in [0.29, 0.717) is 34.4 Å². The number of halogens is 1. The highest BCUT2D eigenvalue weighted by Crippen LogP contribution is 2.64. The molecule has 4 aliphatic rings. The van der Waals surface area contributed by atoms with E-state index in [4.69, 9.17) is 4.74 Å². The number of ketones is 2. The monoisotopic (exact) mass is 761 g/mol. The van der Waals surface area contributed by atoms with Gasteiger partial charge in [0.15, 0.2) is 23.1 Å². The molecule has 1 heterocycles. The van der Waals surface area contributed by atoms with Crippen LogP contribution in [0.5, 0.6) is 11.5 Å². The van der Waals surface area contributed by atoms with Gasteiger partial charge in [-0.1, -0.05) is 78.4 Å². The van der Waals surface area contributed by atoms with Gasteiger partial charge in [-0.25, -0.2) is 0 Å². The summed E-state index contributed by atoms with van der Waals surface area (Å²) in [5.41, 5.74) is 2.32. The van der Waals surface area contributed by atoms with Gasteiger partial charge in [-0.15, -0.1) is 0 Å². The summed E-state index contributed by atoms with van der Waals surface area (Å²) in [5, 5.41) is 11.1. The molecule has 4 aromatic rings. The van der Waals surface area contributed by atoms with Gasteiger partial charge in [-0.3, -0.25) is 24.1 Å². The van der Waals surface area contributed by atoms with Crippen LogP contribution in [0.15, 0.2) is 121 Å². The van der Waals surface area contributed by atoms with Crippen LogP contribution < -0.4 is 9.64 Å². The normalized spacial score (nSPS) is 27.6. The maximum absolute atomic E-state index is 15.1. The number of Topliss-reactive ketones (excluding diaryl/α,β-unsaturated/α-hetero) is 1. The number of rotatable bonds is 5. The topological polar surface area (TPSA) is 101 Å². The zero-order valence-electron chi connectivity index (χ0n) is 26.6. The Bertz CT molecular complexity index is 2090. The van der Waals surface area contributed by atoms with Crippen molar-refractivity contribution in [1.29, 1.82) is 0 Å². The first-order chi connectivity index (χ1) is 23.7. The molecular formula is C41H32INO6. The number of allylic oxidation sites excluding steroid dienone is 4. The summed E-state index contributed by atoms with van der Waals surface area (Å²) >= 11 is 2.19. The maximum atomic E-state index is 15.1. The third-order valence-electron chi connectivity index (χ3n) is 11.0. The minimum Gasteiger partial charge on any atom is -0.504 e. The van der Waals surface area contributed by atoms with Crippen molar-refractivity contribution in [2.45, 2.75) is 24.2 Å². The highest BCUT2D eigenvalue weighted by molar-refractivity contribution is 14.1. The second kappa shape index (κ2) is 11.9. The van der Waals surface area contributed by atoms with Crippen LogP contribution >= 0.6 is 22.6 Å². The van der Waals surface area contributed by atoms with Crippen molar-refractivity contribution in [1.82, 2.24) is 0 Å². The van der Waals surface area contributed by atoms with E-state index in [0.717, 1.165) is 9.14 Å². The van der Waals surface area contributed by atoms with E-state index in [1.165, 1.54) is 18.1 Å². The first-order valence-corrected chi connectivity index (χ1v) is 17.4. The van der Waals surface area contributed by atoms with E-state index < -0.39 is 35.0 Å². The fourth-order valence-corrected chi connectivity index (χ4v) is 9.34. The second-order valence-electron chi connectivity index (χ2n) is 13.2. The Balaban J connectivity index is 1.36. The van der Waals surface area contributed by atoms with Gasteiger partial charge < -0.3 is 9.84 Å². The van der Waals surface area contributed by atoms with Gasteiger partial charge in [-0.2, -0.15) is 0 Å². The zero-order chi connectivity index (χ0) is 34.0. The standard InChI is InChI=1S/C41H32INO6/c1-49-34-19-12-24(20-33(34)44)37-28-17-18-29-36(40(48)43(39(29)47)27-15-13-26(42)14-16-27)31(28)21-32-38(46)30(23-8-4-2-5-9-23)22-35(45)41(32,37)25-10-6-3-7-11-25/h2-17,19-20,22,29,31-32,36-37,44H,18,21H2,1H3/t29-,31+,32-,36-,37-,41-/m0/s1. The predicted octanol–water partition coefficient (Wildman–Crippen LogP) is 7.03. The van der Waals surface area contributed by atoms with Crippen molar-refractivity contribution in [2.75, 3.05) is 12.0 Å². The van der Waals surface area contributed by atoms with Gasteiger partial charge in [0.05, 0.1) is 30.0 Å². The molecule has 8 rings (SSSR count). The average molecular weight is 762 g/mol. The van der Waals surface area contributed by atoms with E-state index in [1.807, 2.05) is 84.9 Å². The highest BCUT2D eigenvalue weighted by Gasteiger charge is 2.66. The predicted molar refractivity (Wildman–Crippen MR) is 193 cm³/mol. The summed E-state index contributed by atoms with van der Waals surface area (Å²) in [6, 6.07) is 31.0. The Morgan fingerprint density at radius 3 is 2.20 bits per heavy atom. The van der Waals surface area contributed by atoms with Gasteiger partial charge in [-0.05, 0) is 101 Å². The van der Waals surface area contributed by atoms with Crippen LogP contribution in [0.1, 0.15) is 35.4 Å². The smallest absolute Gasteiger partial charge is 0.238 e. The Labute approximate surface area is 297 Å². The number of carbonyl (C=O) groups is 4. The van der Waals surface area contributed by atoms with Gasteiger partial charge >= 0.3 is 0 Å². The molecule has 2 fully saturated rings. The molecule has 0 bridgehead atoms. The number of ether oxygens (including phenoxy) is 1. The SMILES string of the molecule is COc1ccc([C@H]2C3=CC[C@@H]4C(=O)N(c5ccc(I)cc5)C(=O)[C@@H]4[C@@H]3C[C@H]3C(=O)C(c4ccccc4)=CC(=O)[C@@]23c2ccccc2)cc1O. The van der Waals surface area contributed by atoms with Crippen molar-refractivity contribution in [3.05, 3.63) is 141 Å². The lowest BCUT2D eigenvalue weighted by molar-refractivity contribution is -0.135. The molecule has 8 heteroatoms. The van der Waals surface area contributed by atoms with Crippen LogP contribution in [0.3, 0.4) is 0 Å². The van der Waals surface area contributed by atoms with Gasteiger partial charge in [0.2, 0.25) is 11.8 Å². The lowest BCUT2D eigenvalue weighted by Gasteiger charge is -2.55. The van der Waals surface area contributed by atoms with Crippen LogP contribution in [0, 0.1) is 27.2 Å².